The van der Waals surface area contributed by atoms with Crippen LogP contribution in [0.1, 0.15) is 24.1 Å². The number of pyridine rings is 1. The van der Waals surface area contributed by atoms with Crippen molar-refractivity contribution in [2.75, 3.05) is 0 Å². The van der Waals surface area contributed by atoms with Crippen LogP contribution in [-0.4, -0.2) is 38.5 Å². The average molecular weight is 421 g/mol. The van der Waals surface area contributed by atoms with E-state index in [9.17, 15) is 19.4 Å². The molecule has 0 bridgehead atoms. The summed E-state index contributed by atoms with van der Waals surface area (Å²) < 4.78 is 13.5. The zero-order valence-corrected chi connectivity index (χ0v) is 17.1. The van der Waals surface area contributed by atoms with E-state index in [1.54, 1.807) is 18.2 Å². The van der Waals surface area contributed by atoms with E-state index in [-0.39, 0.29) is 12.2 Å². The minimum absolute atomic E-state index is 0.0940. The van der Waals surface area contributed by atoms with Gasteiger partial charge in [0.2, 0.25) is 0 Å². The highest BCUT2D eigenvalue weighted by Crippen LogP contribution is 2.31. The second-order valence-corrected chi connectivity index (χ2v) is 7.34. The Balaban J connectivity index is 1.98. The first-order valence-electron chi connectivity index (χ1n) is 9.92. The van der Waals surface area contributed by atoms with E-state index in [1.165, 1.54) is 18.2 Å². The summed E-state index contributed by atoms with van der Waals surface area (Å²) in [5.41, 5.74) is 4.80. The monoisotopic (exact) mass is 421 g/mol. The molecule has 3 rings (SSSR count). The van der Waals surface area contributed by atoms with Gasteiger partial charge in [-0.25, -0.2) is 4.39 Å². The quantitative estimate of drug-likeness (QED) is 0.500. The molecule has 160 valence electrons. The van der Waals surface area contributed by atoms with Gasteiger partial charge in [-0.1, -0.05) is 54.6 Å². The summed E-state index contributed by atoms with van der Waals surface area (Å²) in [6.45, 7) is 1.85. The van der Waals surface area contributed by atoms with E-state index in [4.69, 9.17) is 10.1 Å². The maximum Gasteiger partial charge on any atom is 0.305 e. The first-order chi connectivity index (χ1) is 14.8. The van der Waals surface area contributed by atoms with Crippen molar-refractivity contribution >= 4 is 12.0 Å². The Labute approximate surface area is 180 Å². The van der Waals surface area contributed by atoms with Crippen LogP contribution in [-0.2, 0) is 4.79 Å². The molecule has 5 nitrogen and oxygen atoms in total. The zero-order valence-electron chi connectivity index (χ0n) is 17.1. The molecule has 0 amide bonds. The van der Waals surface area contributed by atoms with Gasteiger partial charge >= 0.3 is 5.97 Å². The molecule has 3 N–H and O–H groups in total. The zero-order chi connectivity index (χ0) is 22.4. The molecule has 2 atom stereocenters. The second-order valence-electron chi connectivity index (χ2n) is 7.34. The molecule has 0 radical (unpaired) electrons. The maximum atomic E-state index is 13.5. The number of hydrogen-bond acceptors (Lipinski definition) is 4. The second kappa shape index (κ2) is 10.1. The predicted molar refractivity (Wildman–Crippen MR) is 118 cm³/mol. The molecule has 0 saturated carbocycles. The third-order valence-corrected chi connectivity index (χ3v) is 4.88. The molecule has 0 aliphatic heterocycles. The number of aliphatic hydroxyl groups is 2. The molecule has 1 heterocycles. The van der Waals surface area contributed by atoms with E-state index >= 15 is 0 Å². The number of carbonyl (C=O) groups is 1. The van der Waals surface area contributed by atoms with Crippen molar-refractivity contribution in [3.05, 3.63) is 83.8 Å². The molecule has 0 fully saturated rings. The molecule has 0 aliphatic rings. The summed E-state index contributed by atoms with van der Waals surface area (Å²) in [6, 6.07) is 17.8. The van der Waals surface area contributed by atoms with Crippen molar-refractivity contribution in [3.63, 3.8) is 0 Å². The Morgan fingerprint density at radius 3 is 2.39 bits per heavy atom. The third-order valence-electron chi connectivity index (χ3n) is 4.88. The molecule has 6 heteroatoms. The molecule has 0 aliphatic carbocycles. The number of benzene rings is 2. The molecular formula is C25H24FNO4. The lowest BCUT2D eigenvalue weighted by Crippen LogP contribution is -2.19. The van der Waals surface area contributed by atoms with Crippen molar-refractivity contribution in [3.8, 4) is 22.4 Å². The molecule has 1 aromatic heterocycles. The Bertz CT molecular complexity index is 1060. The average Bonchev–Trinajstić information content (AvgIpc) is 2.73. The van der Waals surface area contributed by atoms with Crippen LogP contribution >= 0.6 is 0 Å². The summed E-state index contributed by atoms with van der Waals surface area (Å²) in [5.74, 6) is -1.46. The van der Waals surface area contributed by atoms with Crippen LogP contribution in [0.15, 0.2) is 66.7 Å². The Kier molecular flexibility index (Phi) is 7.28. The normalized spacial score (nSPS) is 13.3. The Morgan fingerprint density at radius 2 is 1.74 bits per heavy atom. The van der Waals surface area contributed by atoms with Crippen LogP contribution in [0.3, 0.4) is 0 Å². The summed E-state index contributed by atoms with van der Waals surface area (Å²) in [5, 5.41) is 28.7. The molecule has 3 aromatic rings. The van der Waals surface area contributed by atoms with Gasteiger partial charge in [0.25, 0.3) is 0 Å². The first-order valence-corrected chi connectivity index (χ1v) is 9.92. The summed E-state index contributed by atoms with van der Waals surface area (Å²) >= 11 is 0. The van der Waals surface area contributed by atoms with Crippen LogP contribution in [0, 0.1) is 12.7 Å². The fourth-order valence-corrected chi connectivity index (χ4v) is 3.37. The van der Waals surface area contributed by atoms with Gasteiger partial charge in [-0.2, -0.15) is 0 Å². The largest absolute Gasteiger partial charge is 0.481 e. The molecule has 0 saturated heterocycles. The van der Waals surface area contributed by atoms with Crippen LogP contribution in [0.25, 0.3) is 28.5 Å². The lowest BCUT2D eigenvalue weighted by molar-refractivity contribution is -0.139. The van der Waals surface area contributed by atoms with Gasteiger partial charge in [0.1, 0.15) is 5.82 Å². The smallest absolute Gasteiger partial charge is 0.305 e. The maximum absolute atomic E-state index is 13.5. The van der Waals surface area contributed by atoms with Crippen molar-refractivity contribution in [2.45, 2.75) is 32.0 Å². The van der Waals surface area contributed by atoms with Crippen molar-refractivity contribution in [2.24, 2.45) is 0 Å². The van der Waals surface area contributed by atoms with Gasteiger partial charge in [-0.3, -0.25) is 9.78 Å². The summed E-state index contributed by atoms with van der Waals surface area (Å²) in [6.07, 6.45) is 0.511. The van der Waals surface area contributed by atoms with Gasteiger partial charge in [-0.05, 0) is 36.2 Å². The van der Waals surface area contributed by atoms with E-state index in [0.717, 1.165) is 33.6 Å². The van der Waals surface area contributed by atoms with E-state index in [1.807, 2.05) is 43.3 Å². The highest BCUT2D eigenvalue weighted by molar-refractivity contribution is 5.80. The van der Waals surface area contributed by atoms with Gasteiger partial charge in [0.15, 0.2) is 0 Å². The predicted octanol–water partition coefficient (Wildman–Crippen LogP) is 4.46. The van der Waals surface area contributed by atoms with Crippen LogP contribution in [0.5, 0.6) is 0 Å². The number of carboxylic acid groups (broad SMARTS) is 1. The Hall–Kier alpha value is -3.35. The molecule has 0 spiro atoms. The molecule has 2 aromatic carbocycles. The minimum Gasteiger partial charge on any atom is -0.481 e. The number of aryl methyl sites for hydroxylation is 1. The van der Waals surface area contributed by atoms with Gasteiger partial charge in [-0.15, -0.1) is 0 Å². The number of nitrogens with zero attached hydrogens (tertiary/aromatic N) is 1. The highest BCUT2D eigenvalue weighted by Gasteiger charge is 2.15. The summed E-state index contributed by atoms with van der Waals surface area (Å²) in [4.78, 5) is 15.4. The first kappa shape index (κ1) is 22.3. The fourth-order valence-electron chi connectivity index (χ4n) is 3.37. The lowest BCUT2D eigenvalue weighted by Gasteiger charge is -2.14. The minimum atomic E-state index is -1.15. The van der Waals surface area contributed by atoms with Crippen molar-refractivity contribution in [1.29, 1.82) is 0 Å². The third kappa shape index (κ3) is 6.07. The molecular weight excluding hydrogens is 397 g/mol. The number of aromatic nitrogens is 1. The number of carboxylic acids is 1. The number of aliphatic hydroxyl groups excluding tert-OH is 2. The van der Waals surface area contributed by atoms with Crippen LogP contribution in [0.2, 0.25) is 0 Å². The van der Waals surface area contributed by atoms with E-state index in [0.29, 0.717) is 0 Å². The van der Waals surface area contributed by atoms with Gasteiger partial charge in [0.05, 0.1) is 24.3 Å². The summed E-state index contributed by atoms with van der Waals surface area (Å²) in [7, 11) is 0. The van der Waals surface area contributed by atoms with E-state index < -0.39 is 24.6 Å². The highest BCUT2D eigenvalue weighted by atomic mass is 19.1. The Morgan fingerprint density at radius 1 is 1.06 bits per heavy atom. The van der Waals surface area contributed by atoms with Gasteiger partial charge in [0, 0.05) is 23.2 Å². The number of hydrogen-bond donors (Lipinski definition) is 3. The lowest BCUT2D eigenvalue weighted by atomic mass is 9.95. The number of rotatable bonds is 8. The molecule has 31 heavy (non-hydrogen) atoms. The number of halogens is 1. The van der Waals surface area contributed by atoms with Crippen molar-refractivity contribution in [1.82, 2.24) is 4.98 Å². The topological polar surface area (TPSA) is 90.7 Å². The van der Waals surface area contributed by atoms with E-state index in [2.05, 4.69) is 0 Å². The fraction of sp³-hybridized carbons (Fsp3) is 0.200. The van der Waals surface area contributed by atoms with Gasteiger partial charge < -0.3 is 15.3 Å². The number of aliphatic carboxylic acids is 1. The standard InChI is InChI=1S/C25H24FNO4/c1-16-22(12-11-20(28)13-21(29)14-25(30)31)23(17-7-9-19(26)10-8-17)15-24(27-16)18-5-3-2-4-6-18/h2-12,15,20-21,28-29H,13-14H2,1H3,(H,30,31)/b12-11+/t20?,21-/m1/s1. The van der Waals surface area contributed by atoms with Crippen molar-refractivity contribution < 1.29 is 24.5 Å². The SMILES string of the molecule is Cc1nc(-c2ccccc2)cc(-c2ccc(F)cc2)c1/C=C/C(O)C[C@@H](O)CC(=O)O. The van der Waals surface area contributed by atoms with Crippen LogP contribution < -0.4 is 0 Å². The van der Waals surface area contributed by atoms with Crippen LogP contribution in [0.4, 0.5) is 4.39 Å². The molecule has 1 unspecified atom stereocenters.